The zero-order chi connectivity index (χ0) is 12.8. The zero-order valence-electron chi connectivity index (χ0n) is 10.8. The van der Waals surface area contributed by atoms with Gasteiger partial charge in [0.1, 0.15) is 6.26 Å². The van der Waals surface area contributed by atoms with Gasteiger partial charge in [-0.2, -0.15) is 4.98 Å². The Morgan fingerprint density at radius 2 is 2.28 bits per heavy atom. The number of nitrogens with one attached hydrogen (secondary N) is 1. The van der Waals surface area contributed by atoms with Crippen LogP contribution in [0.4, 0.5) is 0 Å². The monoisotopic (exact) mass is 249 g/mol. The number of furan rings is 1. The van der Waals surface area contributed by atoms with E-state index in [4.69, 9.17) is 8.94 Å². The van der Waals surface area contributed by atoms with Gasteiger partial charge in [-0.3, -0.25) is 0 Å². The minimum absolute atomic E-state index is 0.391. The Bertz CT molecular complexity index is 451. The number of rotatable bonds is 7. The highest BCUT2D eigenvalue weighted by atomic mass is 16.5. The molecule has 1 N–H and O–H groups in total. The summed E-state index contributed by atoms with van der Waals surface area (Å²) in [5.41, 5.74) is 0.847. The molecule has 0 aromatic carbocycles. The molecule has 0 bridgehead atoms. The molecule has 0 saturated heterocycles. The first-order chi connectivity index (χ1) is 8.83. The van der Waals surface area contributed by atoms with Crippen molar-refractivity contribution >= 4 is 0 Å². The molecule has 0 radical (unpaired) electrons. The van der Waals surface area contributed by atoms with E-state index in [1.807, 2.05) is 6.07 Å². The molecule has 0 aliphatic carbocycles. The summed E-state index contributed by atoms with van der Waals surface area (Å²) >= 11 is 0. The molecule has 18 heavy (non-hydrogen) atoms. The van der Waals surface area contributed by atoms with Crippen LogP contribution in [-0.4, -0.2) is 22.7 Å². The fraction of sp³-hybridized carbons (Fsp3) is 0.538. The molecule has 0 amide bonds. The predicted molar refractivity (Wildman–Crippen MR) is 68.1 cm³/mol. The van der Waals surface area contributed by atoms with Gasteiger partial charge < -0.3 is 14.3 Å². The molecule has 2 heterocycles. The van der Waals surface area contributed by atoms with Crippen molar-refractivity contribution in [2.45, 2.75) is 39.2 Å². The van der Waals surface area contributed by atoms with Gasteiger partial charge in [-0.05, 0) is 25.5 Å². The van der Waals surface area contributed by atoms with Gasteiger partial charge in [-0.15, -0.1) is 0 Å². The van der Waals surface area contributed by atoms with Crippen LogP contribution < -0.4 is 5.32 Å². The molecule has 2 aromatic heterocycles. The van der Waals surface area contributed by atoms with Crippen LogP contribution in [0.25, 0.3) is 11.4 Å². The van der Waals surface area contributed by atoms with Crippen molar-refractivity contribution in [2.75, 3.05) is 6.54 Å². The second-order valence-corrected chi connectivity index (χ2v) is 4.29. The quantitative estimate of drug-likeness (QED) is 0.817. The Morgan fingerprint density at radius 3 is 2.94 bits per heavy atom. The summed E-state index contributed by atoms with van der Waals surface area (Å²) in [6.07, 6.45) is 6.15. The molecule has 0 aliphatic rings. The van der Waals surface area contributed by atoms with E-state index >= 15 is 0 Å². The average molecular weight is 249 g/mol. The third kappa shape index (κ3) is 3.20. The van der Waals surface area contributed by atoms with Crippen molar-refractivity contribution in [1.82, 2.24) is 15.5 Å². The maximum absolute atomic E-state index is 5.26. The van der Waals surface area contributed by atoms with Crippen LogP contribution in [0.2, 0.25) is 0 Å². The number of hydrogen-bond acceptors (Lipinski definition) is 5. The third-order valence-corrected chi connectivity index (χ3v) is 2.84. The molecule has 5 nitrogen and oxygen atoms in total. The summed E-state index contributed by atoms with van der Waals surface area (Å²) in [5.74, 6) is 1.26. The van der Waals surface area contributed by atoms with Crippen LogP contribution in [0.1, 0.15) is 32.6 Å². The average Bonchev–Trinajstić information content (AvgIpc) is 3.04. The fourth-order valence-corrected chi connectivity index (χ4v) is 1.77. The molecule has 1 unspecified atom stereocenters. The lowest BCUT2D eigenvalue weighted by atomic mass is 10.1. The predicted octanol–water partition coefficient (Wildman–Crippen LogP) is 2.65. The van der Waals surface area contributed by atoms with Gasteiger partial charge in [0.15, 0.2) is 0 Å². The Hall–Kier alpha value is -1.62. The van der Waals surface area contributed by atoms with Gasteiger partial charge in [-0.25, -0.2) is 0 Å². The summed E-state index contributed by atoms with van der Waals surface area (Å²) in [5, 5.41) is 7.42. The van der Waals surface area contributed by atoms with E-state index in [1.54, 1.807) is 12.5 Å². The van der Waals surface area contributed by atoms with Gasteiger partial charge in [-0.1, -0.05) is 19.0 Å². The van der Waals surface area contributed by atoms with E-state index in [2.05, 4.69) is 29.3 Å². The lowest BCUT2D eigenvalue weighted by molar-refractivity contribution is 0.354. The summed E-state index contributed by atoms with van der Waals surface area (Å²) in [7, 11) is 0. The first-order valence-corrected chi connectivity index (χ1v) is 6.42. The highest BCUT2D eigenvalue weighted by molar-refractivity contribution is 5.51. The molecule has 0 spiro atoms. The topological polar surface area (TPSA) is 64.1 Å². The Kier molecular flexibility index (Phi) is 4.52. The van der Waals surface area contributed by atoms with Gasteiger partial charge >= 0.3 is 0 Å². The number of hydrogen-bond donors (Lipinski definition) is 1. The summed E-state index contributed by atoms with van der Waals surface area (Å²) in [4.78, 5) is 4.37. The van der Waals surface area contributed by atoms with Crippen LogP contribution >= 0.6 is 0 Å². The Balaban J connectivity index is 1.97. The third-order valence-electron chi connectivity index (χ3n) is 2.84. The zero-order valence-corrected chi connectivity index (χ0v) is 10.8. The van der Waals surface area contributed by atoms with Crippen molar-refractivity contribution in [3.63, 3.8) is 0 Å². The molecule has 5 heteroatoms. The van der Waals surface area contributed by atoms with Crippen LogP contribution in [0, 0.1) is 0 Å². The first kappa shape index (κ1) is 12.8. The molecule has 2 aromatic rings. The second kappa shape index (κ2) is 6.35. The number of aromatic nitrogens is 2. The Morgan fingerprint density at radius 1 is 1.39 bits per heavy atom. The van der Waals surface area contributed by atoms with Crippen molar-refractivity contribution in [3.8, 4) is 11.4 Å². The van der Waals surface area contributed by atoms with E-state index in [1.165, 1.54) is 0 Å². The smallest absolute Gasteiger partial charge is 0.228 e. The normalized spacial score (nSPS) is 12.8. The lowest BCUT2D eigenvalue weighted by Crippen LogP contribution is -2.31. The van der Waals surface area contributed by atoms with Crippen LogP contribution in [0.5, 0.6) is 0 Å². The van der Waals surface area contributed by atoms with Gasteiger partial charge in [0.05, 0.1) is 11.8 Å². The van der Waals surface area contributed by atoms with Gasteiger partial charge in [0.2, 0.25) is 11.7 Å². The molecule has 0 aliphatic heterocycles. The van der Waals surface area contributed by atoms with Crippen LogP contribution in [0.3, 0.4) is 0 Å². The van der Waals surface area contributed by atoms with Crippen LogP contribution in [0.15, 0.2) is 27.5 Å². The molecule has 0 saturated carbocycles. The maximum Gasteiger partial charge on any atom is 0.228 e. The lowest BCUT2D eigenvalue weighted by Gasteiger charge is -2.13. The second-order valence-electron chi connectivity index (χ2n) is 4.29. The van der Waals surface area contributed by atoms with Crippen LogP contribution in [-0.2, 0) is 6.42 Å². The Labute approximate surface area is 107 Å². The van der Waals surface area contributed by atoms with Crippen molar-refractivity contribution in [3.05, 3.63) is 24.5 Å². The minimum Gasteiger partial charge on any atom is -0.472 e. The standard InChI is InChI=1S/C13H19N3O2/c1-3-6-14-11(4-2)8-12-15-13(16-18-12)10-5-7-17-9-10/h5,7,9,11,14H,3-4,6,8H2,1-2H3. The SMILES string of the molecule is CCCNC(CC)Cc1nc(-c2ccoc2)no1. The fourth-order valence-electron chi connectivity index (χ4n) is 1.77. The minimum atomic E-state index is 0.391. The summed E-state index contributed by atoms with van der Waals surface area (Å²) < 4.78 is 10.3. The van der Waals surface area contributed by atoms with Crippen molar-refractivity contribution in [2.24, 2.45) is 0 Å². The first-order valence-electron chi connectivity index (χ1n) is 6.42. The molecule has 2 rings (SSSR count). The van der Waals surface area contributed by atoms with Gasteiger partial charge in [0, 0.05) is 12.5 Å². The maximum atomic E-state index is 5.26. The van der Waals surface area contributed by atoms with E-state index < -0.39 is 0 Å². The summed E-state index contributed by atoms with van der Waals surface area (Å²) in [6, 6.07) is 2.21. The molecule has 98 valence electrons. The molecular formula is C13H19N3O2. The molecule has 1 atom stereocenters. The van der Waals surface area contributed by atoms with Gasteiger partial charge in [0.25, 0.3) is 0 Å². The number of nitrogens with zero attached hydrogens (tertiary/aromatic N) is 2. The van der Waals surface area contributed by atoms with E-state index in [9.17, 15) is 0 Å². The molecule has 0 fully saturated rings. The highest BCUT2D eigenvalue weighted by Crippen LogP contribution is 2.16. The largest absolute Gasteiger partial charge is 0.472 e. The highest BCUT2D eigenvalue weighted by Gasteiger charge is 2.13. The van der Waals surface area contributed by atoms with E-state index in [-0.39, 0.29) is 0 Å². The molecular weight excluding hydrogens is 230 g/mol. The van der Waals surface area contributed by atoms with E-state index in [0.717, 1.165) is 31.4 Å². The van der Waals surface area contributed by atoms with Crippen molar-refractivity contribution in [1.29, 1.82) is 0 Å². The van der Waals surface area contributed by atoms with E-state index in [0.29, 0.717) is 17.8 Å². The summed E-state index contributed by atoms with van der Waals surface area (Å²) in [6.45, 7) is 5.32. The van der Waals surface area contributed by atoms with Crippen molar-refractivity contribution < 1.29 is 8.94 Å².